The van der Waals surface area contributed by atoms with Crippen molar-refractivity contribution < 1.29 is 28.2 Å². The Morgan fingerprint density at radius 1 is 1.09 bits per heavy atom. The van der Waals surface area contributed by atoms with E-state index in [0.29, 0.717) is 28.5 Å². The second-order valence-corrected chi connectivity index (χ2v) is 12.3. The second kappa shape index (κ2) is 12.8. The first-order valence-electron chi connectivity index (χ1n) is 15.2. The van der Waals surface area contributed by atoms with E-state index in [1.165, 1.54) is 13.2 Å². The number of benzene rings is 2. The zero-order valence-electron chi connectivity index (χ0n) is 25.1. The summed E-state index contributed by atoms with van der Waals surface area (Å²) in [5, 5.41) is 0.345. The summed E-state index contributed by atoms with van der Waals surface area (Å²) in [5.41, 5.74) is 3.21. The minimum absolute atomic E-state index is 0.0186. The van der Waals surface area contributed by atoms with Gasteiger partial charge in [0.25, 0.3) is 0 Å². The van der Waals surface area contributed by atoms with Gasteiger partial charge >= 0.3 is 5.97 Å². The maximum atomic E-state index is 14.2. The summed E-state index contributed by atoms with van der Waals surface area (Å²) in [6.45, 7) is 4.06. The lowest BCUT2D eigenvalue weighted by atomic mass is 9.92. The molecular formula is C34H37ClFN3O5. The molecule has 10 heteroatoms. The van der Waals surface area contributed by atoms with Crippen molar-refractivity contribution in [3.63, 3.8) is 0 Å². The van der Waals surface area contributed by atoms with Crippen LogP contribution in [0.15, 0.2) is 54.6 Å². The number of aromatic nitrogens is 1. The van der Waals surface area contributed by atoms with Crippen LogP contribution in [0, 0.1) is 5.82 Å². The van der Waals surface area contributed by atoms with Crippen LogP contribution in [-0.4, -0.2) is 60.3 Å². The highest BCUT2D eigenvalue weighted by Gasteiger charge is 2.55. The third-order valence-corrected chi connectivity index (χ3v) is 9.28. The molecule has 1 atom stereocenters. The van der Waals surface area contributed by atoms with E-state index in [4.69, 9.17) is 30.8 Å². The lowest BCUT2D eigenvalue weighted by Crippen LogP contribution is -2.55. The third kappa shape index (κ3) is 6.32. The lowest BCUT2D eigenvalue weighted by molar-refractivity contribution is -0.118. The standard InChI is InChI=1S/C34H37ClFN3O5/c1-22(40)39(31-9-7-24(33(41)42-2)18-26(31)19-28-12-17-43-28)34(13-14-34)38-15-10-23(11-16-38)30-4-3-5-32(37-30)44-21-25-6-8-27(35)20-29(25)36/h3-9,18,20,23,28H,10-17,19,21H2,1-2H3/t28-/m1/s1. The van der Waals surface area contributed by atoms with E-state index < -0.39 is 11.8 Å². The van der Waals surface area contributed by atoms with Crippen LogP contribution in [0.1, 0.15) is 72.1 Å². The number of hydrogen-bond donors (Lipinski definition) is 0. The van der Waals surface area contributed by atoms with Gasteiger partial charge in [-0.15, -0.1) is 0 Å². The topological polar surface area (TPSA) is 81.2 Å². The molecule has 8 nitrogen and oxygen atoms in total. The molecule has 2 aromatic carbocycles. The smallest absolute Gasteiger partial charge is 0.337 e. The largest absolute Gasteiger partial charge is 0.473 e. The highest BCUT2D eigenvalue weighted by molar-refractivity contribution is 6.30. The molecule has 2 saturated heterocycles. The molecule has 1 saturated carbocycles. The maximum absolute atomic E-state index is 14.2. The first-order chi connectivity index (χ1) is 21.3. The van der Waals surface area contributed by atoms with Crippen molar-refractivity contribution in [2.75, 3.05) is 31.7 Å². The number of nitrogens with zero attached hydrogens (tertiary/aromatic N) is 3. The van der Waals surface area contributed by atoms with Gasteiger partial charge < -0.3 is 14.2 Å². The second-order valence-electron chi connectivity index (χ2n) is 11.8. The minimum atomic E-state index is -0.405. The van der Waals surface area contributed by atoms with Crippen LogP contribution in [0.5, 0.6) is 5.88 Å². The summed E-state index contributed by atoms with van der Waals surface area (Å²) in [4.78, 5) is 34.8. The molecule has 3 aliphatic rings. The van der Waals surface area contributed by atoms with Crippen molar-refractivity contribution in [3.05, 3.63) is 87.8 Å². The molecule has 2 aliphatic heterocycles. The molecule has 1 amide bonds. The fraction of sp³-hybridized carbons (Fsp3) is 0.441. The molecular weight excluding hydrogens is 585 g/mol. The molecule has 3 heterocycles. The Morgan fingerprint density at radius 2 is 1.86 bits per heavy atom. The van der Waals surface area contributed by atoms with Crippen molar-refractivity contribution >= 4 is 29.2 Å². The highest BCUT2D eigenvalue weighted by atomic mass is 35.5. The Hall–Kier alpha value is -3.53. The molecule has 3 fully saturated rings. The van der Waals surface area contributed by atoms with Crippen molar-refractivity contribution in [1.29, 1.82) is 0 Å². The summed E-state index contributed by atoms with van der Waals surface area (Å²) in [6, 6.07) is 15.7. The van der Waals surface area contributed by atoms with Crippen molar-refractivity contribution in [2.45, 2.75) is 69.7 Å². The van der Waals surface area contributed by atoms with Gasteiger partial charge in [0.1, 0.15) is 18.1 Å². The monoisotopic (exact) mass is 621 g/mol. The number of ether oxygens (including phenoxy) is 3. The Balaban J connectivity index is 1.16. The average molecular weight is 622 g/mol. The fourth-order valence-electron chi connectivity index (χ4n) is 6.50. The van der Waals surface area contributed by atoms with Crippen LogP contribution < -0.4 is 9.64 Å². The van der Waals surface area contributed by atoms with Gasteiger partial charge in [0.2, 0.25) is 11.8 Å². The zero-order chi connectivity index (χ0) is 30.8. The number of methoxy groups -OCH3 is 1. The molecule has 0 radical (unpaired) electrons. The molecule has 1 aliphatic carbocycles. The molecule has 6 rings (SSSR count). The maximum Gasteiger partial charge on any atom is 0.337 e. The zero-order valence-corrected chi connectivity index (χ0v) is 25.8. The molecule has 3 aromatic rings. The summed E-state index contributed by atoms with van der Waals surface area (Å²) in [7, 11) is 1.37. The Bertz CT molecular complexity index is 1540. The molecule has 0 bridgehead atoms. The number of halogens is 2. The SMILES string of the molecule is COC(=O)c1ccc(N(C(C)=O)C2(N3CCC(c4cccc(OCc5ccc(Cl)cc5F)n4)CC3)CC2)c(C[C@H]2CCO2)c1. The highest BCUT2D eigenvalue weighted by Crippen LogP contribution is 2.50. The van der Waals surface area contributed by atoms with Crippen LogP contribution >= 0.6 is 11.6 Å². The number of pyridine rings is 1. The Labute approximate surface area is 262 Å². The molecule has 232 valence electrons. The number of amides is 1. The van der Waals surface area contributed by atoms with Gasteiger partial charge in [0.05, 0.1) is 18.8 Å². The normalized spacial score (nSPS) is 19.6. The van der Waals surface area contributed by atoms with Crippen LogP contribution in [-0.2, 0) is 27.3 Å². The number of esters is 1. The summed E-state index contributed by atoms with van der Waals surface area (Å²) < 4.78 is 30.7. The Kier molecular flexibility index (Phi) is 8.89. The Morgan fingerprint density at radius 3 is 2.50 bits per heavy atom. The molecule has 44 heavy (non-hydrogen) atoms. The van der Waals surface area contributed by atoms with Gasteiger partial charge in [0, 0.05) is 67.0 Å². The van der Waals surface area contributed by atoms with Gasteiger partial charge in [0.15, 0.2) is 0 Å². The number of piperidine rings is 1. The number of carbonyl (C=O) groups is 2. The van der Waals surface area contributed by atoms with E-state index in [9.17, 15) is 14.0 Å². The average Bonchev–Trinajstić information content (AvgIpc) is 3.80. The quantitative estimate of drug-likeness (QED) is 0.246. The van der Waals surface area contributed by atoms with Crippen molar-refractivity contribution in [2.24, 2.45) is 0 Å². The van der Waals surface area contributed by atoms with Crippen LogP contribution in [0.4, 0.5) is 10.1 Å². The van der Waals surface area contributed by atoms with E-state index in [1.54, 1.807) is 31.2 Å². The predicted octanol–water partition coefficient (Wildman–Crippen LogP) is 6.29. The van der Waals surface area contributed by atoms with Crippen molar-refractivity contribution in [3.8, 4) is 5.88 Å². The number of likely N-dealkylation sites (tertiary alicyclic amines) is 1. The minimum Gasteiger partial charge on any atom is -0.473 e. The predicted molar refractivity (Wildman–Crippen MR) is 164 cm³/mol. The molecule has 1 aromatic heterocycles. The van der Waals surface area contributed by atoms with Gasteiger partial charge in [-0.25, -0.2) is 14.2 Å². The van der Waals surface area contributed by atoms with Crippen LogP contribution in [0.25, 0.3) is 0 Å². The fourth-order valence-corrected chi connectivity index (χ4v) is 6.66. The van der Waals surface area contributed by atoms with Gasteiger partial charge in [-0.05, 0) is 74.1 Å². The van der Waals surface area contributed by atoms with Crippen molar-refractivity contribution in [1.82, 2.24) is 9.88 Å². The van der Waals surface area contributed by atoms with Crippen LogP contribution in [0.3, 0.4) is 0 Å². The summed E-state index contributed by atoms with van der Waals surface area (Å²) in [6.07, 6.45) is 5.23. The van der Waals surface area contributed by atoms with Gasteiger partial charge in [-0.2, -0.15) is 0 Å². The van der Waals surface area contributed by atoms with E-state index in [-0.39, 0.29) is 30.2 Å². The number of rotatable bonds is 10. The number of anilines is 1. The van der Waals surface area contributed by atoms with Crippen LogP contribution in [0.2, 0.25) is 5.02 Å². The summed E-state index contributed by atoms with van der Waals surface area (Å²) >= 11 is 5.86. The lowest BCUT2D eigenvalue weighted by Gasteiger charge is -2.44. The van der Waals surface area contributed by atoms with E-state index >= 15 is 0 Å². The first kappa shape index (κ1) is 30.5. The molecule has 0 N–H and O–H groups in total. The van der Waals surface area contributed by atoms with E-state index in [0.717, 1.165) is 68.7 Å². The van der Waals surface area contributed by atoms with Gasteiger partial charge in [-0.3, -0.25) is 14.6 Å². The molecule has 0 unspecified atom stereocenters. The third-order valence-electron chi connectivity index (χ3n) is 9.05. The number of hydrogen-bond acceptors (Lipinski definition) is 7. The first-order valence-corrected chi connectivity index (χ1v) is 15.6. The van der Waals surface area contributed by atoms with E-state index in [2.05, 4.69) is 4.90 Å². The number of carbonyl (C=O) groups excluding carboxylic acids is 2. The van der Waals surface area contributed by atoms with Gasteiger partial charge in [-0.1, -0.05) is 23.7 Å². The van der Waals surface area contributed by atoms with E-state index in [1.807, 2.05) is 29.2 Å². The summed E-state index contributed by atoms with van der Waals surface area (Å²) in [5.74, 6) is -0.120. The molecule has 0 spiro atoms.